The van der Waals surface area contributed by atoms with Crippen LogP contribution in [0.1, 0.15) is 11.3 Å². The maximum Gasteiger partial charge on any atom is 0.124 e. The summed E-state index contributed by atoms with van der Waals surface area (Å²) >= 11 is 0. The van der Waals surface area contributed by atoms with Crippen LogP contribution in [0.4, 0.5) is 11.4 Å². The minimum Gasteiger partial charge on any atom is -0.497 e. The number of anilines is 2. The molecule has 0 fully saturated rings. The van der Waals surface area contributed by atoms with Crippen molar-refractivity contribution in [3.8, 4) is 17.6 Å². The van der Waals surface area contributed by atoms with Gasteiger partial charge in [-0.15, -0.1) is 0 Å². The topological polar surface area (TPSA) is 73.7 Å². The van der Waals surface area contributed by atoms with Gasteiger partial charge in [-0.25, -0.2) is 0 Å². The lowest BCUT2D eigenvalue weighted by Crippen LogP contribution is -2.29. The second-order valence-electron chi connectivity index (χ2n) is 6.44. The number of rotatable bonds is 9. The van der Waals surface area contributed by atoms with Gasteiger partial charge in [0.1, 0.15) is 17.6 Å². The first-order valence-corrected chi connectivity index (χ1v) is 8.69. The zero-order valence-electron chi connectivity index (χ0n) is 16.6. The van der Waals surface area contributed by atoms with E-state index >= 15 is 0 Å². The summed E-state index contributed by atoms with van der Waals surface area (Å²) in [6.45, 7) is 2.15. The van der Waals surface area contributed by atoms with Crippen LogP contribution in [0.2, 0.25) is 0 Å². The third-order valence-electron chi connectivity index (χ3n) is 4.22. The van der Waals surface area contributed by atoms with Gasteiger partial charge in [-0.3, -0.25) is 4.98 Å². The first-order chi connectivity index (χ1) is 13.0. The van der Waals surface area contributed by atoms with Crippen molar-refractivity contribution in [1.82, 2.24) is 9.88 Å². The molecule has 27 heavy (non-hydrogen) atoms. The Labute approximate surface area is 161 Å². The van der Waals surface area contributed by atoms with Gasteiger partial charge in [0.05, 0.1) is 37.7 Å². The number of methoxy groups -OCH3 is 2. The number of aromatic nitrogens is 1. The maximum atomic E-state index is 9.69. The van der Waals surface area contributed by atoms with Crippen molar-refractivity contribution in [1.29, 1.82) is 5.26 Å². The standard InChI is InChI=1S/C20H27N5O2/c1-24(2)8-9-25(3)20-6-7-22-19(18(20)13-21)14-23-15-10-16(26-4)12-17(11-15)27-5/h6-7,10-12,23H,8-9,14H2,1-5H3. The lowest BCUT2D eigenvalue weighted by molar-refractivity contribution is 0.394. The second-order valence-corrected chi connectivity index (χ2v) is 6.44. The first-order valence-electron chi connectivity index (χ1n) is 8.69. The molecular weight excluding hydrogens is 342 g/mol. The third kappa shape index (κ3) is 5.50. The highest BCUT2D eigenvalue weighted by atomic mass is 16.5. The van der Waals surface area contributed by atoms with Crippen molar-refractivity contribution in [2.24, 2.45) is 0 Å². The molecule has 1 aromatic heterocycles. The van der Waals surface area contributed by atoms with Gasteiger partial charge in [-0.2, -0.15) is 5.26 Å². The van der Waals surface area contributed by atoms with E-state index < -0.39 is 0 Å². The molecule has 2 aromatic rings. The van der Waals surface area contributed by atoms with E-state index in [0.29, 0.717) is 29.3 Å². The maximum absolute atomic E-state index is 9.69. The van der Waals surface area contributed by atoms with Crippen molar-refractivity contribution >= 4 is 11.4 Å². The predicted molar refractivity (Wildman–Crippen MR) is 108 cm³/mol. The minimum atomic E-state index is 0.425. The molecule has 2 rings (SSSR count). The summed E-state index contributed by atoms with van der Waals surface area (Å²) in [5.74, 6) is 1.39. The molecule has 0 aliphatic rings. The van der Waals surface area contributed by atoms with Crippen LogP contribution in [0.15, 0.2) is 30.5 Å². The van der Waals surface area contributed by atoms with Gasteiger partial charge in [-0.1, -0.05) is 0 Å². The van der Waals surface area contributed by atoms with Gasteiger partial charge >= 0.3 is 0 Å². The fraction of sp³-hybridized carbons (Fsp3) is 0.400. The van der Waals surface area contributed by atoms with Gasteiger partial charge in [0.15, 0.2) is 0 Å². The number of likely N-dealkylation sites (N-methyl/N-ethyl adjacent to an activating group) is 2. The Balaban J connectivity index is 2.20. The Morgan fingerprint density at radius 1 is 1.07 bits per heavy atom. The number of nitrogens with zero attached hydrogens (tertiary/aromatic N) is 4. The normalized spacial score (nSPS) is 10.4. The molecule has 0 aliphatic carbocycles. The quantitative estimate of drug-likeness (QED) is 0.728. The molecule has 0 amide bonds. The van der Waals surface area contributed by atoms with Crippen molar-refractivity contribution < 1.29 is 9.47 Å². The van der Waals surface area contributed by atoms with Crippen LogP contribution in [0, 0.1) is 11.3 Å². The van der Waals surface area contributed by atoms with Gasteiger partial charge in [0.2, 0.25) is 0 Å². The molecule has 0 aliphatic heterocycles. The van der Waals surface area contributed by atoms with Crippen molar-refractivity contribution in [2.75, 3.05) is 58.7 Å². The lowest BCUT2D eigenvalue weighted by atomic mass is 10.1. The average molecular weight is 369 g/mol. The van der Waals surface area contributed by atoms with E-state index in [1.807, 2.05) is 45.4 Å². The molecular formula is C20H27N5O2. The summed E-state index contributed by atoms with van der Waals surface area (Å²) in [5, 5.41) is 13.0. The average Bonchev–Trinajstić information content (AvgIpc) is 2.69. The smallest absolute Gasteiger partial charge is 0.124 e. The molecule has 0 unspecified atom stereocenters. The number of hydrogen-bond acceptors (Lipinski definition) is 7. The van der Waals surface area contributed by atoms with Gasteiger partial charge < -0.3 is 24.6 Å². The number of nitrogens with one attached hydrogen (secondary N) is 1. The molecule has 0 spiro atoms. The van der Waals surface area contributed by atoms with Crippen LogP contribution in [-0.4, -0.2) is 58.3 Å². The molecule has 0 bridgehead atoms. The molecule has 0 saturated carbocycles. The predicted octanol–water partition coefficient (Wildman–Crippen LogP) is 2.58. The van der Waals surface area contributed by atoms with Gasteiger partial charge in [-0.05, 0) is 20.2 Å². The highest BCUT2D eigenvalue weighted by Gasteiger charge is 2.13. The van der Waals surface area contributed by atoms with Crippen LogP contribution < -0.4 is 19.7 Å². The van der Waals surface area contributed by atoms with E-state index in [4.69, 9.17) is 9.47 Å². The van der Waals surface area contributed by atoms with E-state index in [9.17, 15) is 5.26 Å². The van der Waals surface area contributed by atoms with Gasteiger partial charge in [0.25, 0.3) is 0 Å². The highest BCUT2D eigenvalue weighted by Crippen LogP contribution is 2.27. The van der Waals surface area contributed by atoms with Crippen LogP contribution in [0.5, 0.6) is 11.5 Å². The summed E-state index contributed by atoms with van der Waals surface area (Å²) in [7, 11) is 9.28. The Bertz CT molecular complexity index is 779. The fourth-order valence-corrected chi connectivity index (χ4v) is 2.63. The number of ether oxygens (including phenoxy) is 2. The number of pyridine rings is 1. The van der Waals surface area contributed by atoms with E-state index in [1.165, 1.54) is 0 Å². The number of nitriles is 1. The van der Waals surface area contributed by atoms with Crippen LogP contribution in [-0.2, 0) is 6.54 Å². The van der Waals surface area contributed by atoms with Crippen molar-refractivity contribution in [2.45, 2.75) is 6.54 Å². The minimum absolute atomic E-state index is 0.425. The molecule has 7 heteroatoms. The van der Waals surface area contributed by atoms with E-state index in [1.54, 1.807) is 20.4 Å². The number of hydrogen-bond donors (Lipinski definition) is 1. The summed E-state index contributed by atoms with van der Waals surface area (Å²) in [6.07, 6.45) is 1.74. The zero-order valence-corrected chi connectivity index (χ0v) is 16.6. The Kier molecular flexibility index (Phi) is 7.26. The molecule has 1 heterocycles. The van der Waals surface area contributed by atoms with E-state index in [0.717, 1.165) is 24.5 Å². The highest BCUT2D eigenvalue weighted by molar-refractivity contribution is 5.61. The molecule has 0 atom stereocenters. The van der Waals surface area contributed by atoms with Crippen LogP contribution in [0.25, 0.3) is 0 Å². The largest absolute Gasteiger partial charge is 0.497 e. The molecule has 0 saturated heterocycles. The van der Waals surface area contributed by atoms with E-state index in [2.05, 4.69) is 26.2 Å². The Morgan fingerprint density at radius 2 is 1.74 bits per heavy atom. The summed E-state index contributed by atoms with van der Waals surface area (Å²) in [4.78, 5) is 8.60. The van der Waals surface area contributed by atoms with Crippen LogP contribution >= 0.6 is 0 Å². The molecule has 1 aromatic carbocycles. The Morgan fingerprint density at radius 3 is 2.30 bits per heavy atom. The van der Waals surface area contributed by atoms with Crippen molar-refractivity contribution in [3.05, 3.63) is 41.7 Å². The molecule has 0 radical (unpaired) electrons. The molecule has 1 N–H and O–H groups in total. The zero-order chi connectivity index (χ0) is 19.8. The lowest BCUT2D eigenvalue weighted by Gasteiger charge is -2.23. The molecule has 7 nitrogen and oxygen atoms in total. The summed E-state index contributed by atoms with van der Waals surface area (Å²) in [5.41, 5.74) is 3.01. The Hall–Kier alpha value is -2.98. The second kappa shape index (κ2) is 9.64. The van der Waals surface area contributed by atoms with Crippen molar-refractivity contribution in [3.63, 3.8) is 0 Å². The number of benzene rings is 1. The summed E-state index contributed by atoms with van der Waals surface area (Å²) < 4.78 is 10.6. The first kappa shape index (κ1) is 20.3. The third-order valence-corrected chi connectivity index (χ3v) is 4.22. The summed E-state index contributed by atoms with van der Waals surface area (Å²) in [6, 6.07) is 9.75. The molecule has 144 valence electrons. The van der Waals surface area contributed by atoms with E-state index in [-0.39, 0.29) is 0 Å². The fourth-order valence-electron chi connectivity index (χ4n) is 2.63. The van der Waals surface area contributed by atoms with Crippen LogP contribution in [0.3, 0.4) is 0 Å². The SMILES string of the molecule is COc1cc(NCc2nccc(N(C)CCN(C)C)c2C#N)cc(OC)c1. The van der Waals surface area contributed by atoms with Gasteiger partial charge in [0, 0.05) is 50.2 Å². The monoisotopic (exact) mass is 369 g/mol.